The SMILES string of the molecule is CC(C)NC(=O)c1cccc(/C(N)=C/C=C(N)N)c1.[B]C(O)(C1CCOCC1)N1CC2CCCC2C1. The van der Waals surface area contributed by atoms with Crippen LogP contribution in [0, 0.1) is 17.8 Å². The molecule has 1 aromatic rings. The number of amides is 1. The van der Waals surface area contributed by atoms with Crippen molar-refractivity contribution in [3.63, 3.8) is 0 Å². The number of nitrogens with one attached hydrogen (secondary N) is 1. The summed E-state index contributed by atoms with van der Waals surface area (Å²) in [6, 6.07) is 7.15. The minimum absolute atomic E-state index is 0.0871. The van der Waals surface area contributed by atoms with E-state index in [0.29, 0.717) is 11.3 Å². The number of hydrogen-bond acceptors (Lipinski definition) is 7. The molecular weight excluding hydrogens is 453 g/mol. The van der Waals surface area contributed by atoms with Crippen LogP contribution in [0.5, 0.6) is 0 Å². The zero-order chi connectivity index (χ0) is 26.3. The molecule has 2 radical (unpaired) electrons. The van der Waals surface area contributed by atoms with E-state index in [1.54, 1.807) is 24.3 Å². The minimum Gasteiger partial charge on any atom is -0.398 e. The number of aliphatic hydroxyl groups is 1. The Labute approximate surface area is 216 Å². The number of carbonyl (C=O) groups is 1. The first-order valence-corrected chi connectivity index (χ1v) is 13.0. The second kappa shape index (κ2) is 12.7. The summed E-state index contributed by atoms with van der Waals surface area (Å²) >= 11 is 0. The van der Waals surface area contributed by atoms with E-state index in [9.17, 15) is 9.90 Å². The van der Waals surface area contributed by atoms with Crippen LogP contribution in [0.2, 0.25) is 0 Å². The number of fused-ring (bicyclic) bond motifs is 1. The van der Waals surface area contributed by atoms with Gasteiger partial charge in [0.05, 0.1) is 11.4 Å². The Morgan fingerprint density at radius 1 is 1.11 bits per heavy atom. The number of allylic oxidation sites excluding steroid dienone is 2. The molecule has 1 aliphatic carbocycles. The highest BCUT2D eigenvalue weighted by Crippen LogP contribution is 2.41. The molecule has 3 aliphatic rings. The van der Waals surface area contributed by atoms with E-state index < -0.39 is 5.62 Å². The maximum atomic E-state index is 11.9. The first-order chi connectivity index (χ1) is 17.1. The van der Waals surface area contributed by atoms with E-state index in [4.69, 9.17) is 29.8 Å². The van der Waals surface area contributed by atoms with Crippen LogP contribution in [0.3, 0.4) is 0 Å². The van der Waals surface area contributed by atoms with Gasteiger partial charge in [-0.05, 0) is 87.1 Å². The third-order valence-electron chi connectivity index (χ3n) is 7.39. The maximum absolute atomic E-state index is 11.9. The molecule has 0 aromatic heterocycles. The number of nitrogens with two attached hydrogens (primary N) is 3. The molecule has 0 bridgehead atoms. The summed E-state index contributed by atoms with van der Waals surface area (Å²) in [5.41, 5.74) is 17.2. The van der Waals surface area contributed by atoms with Gasteiger partial charge in [0.2, 0.25) is 0 Å². The van der Waals surface area contributed by atoms with Gasteiger partial charge in [0.15, 0.2) is 0 Å². The number of hydrogen-bond donors (Lipinski definition) is 5. The Bertz CT molecular complexity index is 927. The van der Waals surface area contributed by atoms with Gasteiger partial charge in [0.1, 0.15) is 7.85 Å². The standard InChI is InChI=1S/C14H20N4O.C13H22BNO2/c1-9(2)18-14(19)11-5-3-4-10(8-11)12(15)6-7-13(16)17;14-13(16,12-4-6-17-7-5-12)15-8-10-2-1-3-11(10)9-15/h3-9H,15-17H2,1-2H3,(H,18,19);10-12,16H,1-9H2/b12-6-;. The molecule has 3 unspecified atom stereocenters. The molecule has 0 spiro atoms. The predicted octanol–water partition coefficient (Wildman–Crippen LogP) is 1.84. The number of nitrogens with zero attached hydrogens (tertiary/aromatic N) is 1. The normalized spacial score (nSPS) is 24.4. The molecule has 2 saturated heterocycles. The summed E-state index contributed by atoms with van der Waals surface area (Å²) in [6.45, 7) is 7.29. The molecule has 196 valence electrons. The molecule has 36 heavy (non-hydrogen) atoms. The van der Waals surface area contributed by atoms with Gasteiger partial charge in [-0.3, -0.25) is 9.69 Å². The quantitative estimate of drug-likeness (QED) is 0.300. The van der Waals surface area contributed by atoms with E-state index >= 15 is 0 Å². The second-order valence-electron chi connectivity index (χ2n) is 10.5. The van der Waals surface area contributed by atoms with Gasteiger partial charge in [-0.25, -0.2) is 0 Å². The Hall–Kier alpha value is -2.49. The molecule has 1 amide bonds. The van der Waals surface area contributed by atoms with Gasteiger partial charge >= 0.3 is 0 Å². The summed E-state index contributed by atoms with van der Waals surface area (Å²) in [5, 5.41) is 13.5. The summed E-state index contributed by atoms with van der Waals surface area (Å²) in [4.78, 5) is 14.0. The average molecular weight is 495 g/mol. The molecule has 3 atom stereocenters. The molecule has 8 N–H and O–H groups in total. The maximum Gasteiger partial charge on any atom is 0.251 e. The number of benzene rings is 1. The van der Waals surface area contributed by atoms with Crippen LogP contribution in [-0.2, 0) is 4.74 Å². The fraction of sp³-hybridized carbons (Fsp3) is 0.593. The first kappa shape index (κ1) is 28.1. The lowest BCUT2D eigenvalue weighted by Gasteiger charge is -2.43. The summed E-state index contributed by atoms with van der Waals surface area (Å²) in [5.74, 6) is 1.79. The van der Waals surface area contributed by atoms with Gasteiger partial charge in [0.25, 0.3) is 5.91 Å². The topological polar surface area (TPSA) is 140 Å². The summed E-state index contributed by atoms with van der Waals surface area (Å²) < 4.78 is 5.35. The molecule has 8 nitrogen and oxygen atoms in total. The van der Waals surface area contributed by atoms with Gasteiger partial charge in [-0.2, -0.15) is 0 Å². The van der Waals surface area contributed by atoms with Crippen molar-refractivity contribution in [1.29, 1.82) is 0 Å². The highest BCUT2D eigenvalue weighted by molar-refractivity contribution is 6.14. The van der Waals surface area contributed by atoms with Crippen LogP contribution >= 0.6 is 0 Å². The lowest BCUT2D eigenvalue weighted by atomic mass is 9.74. The lowest BCUT2D eigenvalue weighted by molar-refractivity contribution is -0.102. The van der Waals surface area contributed by atoms with E-state index in [2.05, 4.69) is 10.2 Å². The predicted molar refractivity (Wildman–Crippen MR) is 144 cm³/mol. The van der Waals surface area contributed by atoms with Crippen LogP contribution in [0.4, 0.5) is 0 Å². The zero-order valence-electron chi connectivity index (χ0n) is 21.7. The zero-order valence-corrected chi connectivity index (χ0v) is 21.7. The molecular formula is C27H42BN5O3. The first-order valence-electron chi connectivity index (χ1n) is 13.0. The van der Waals surface area contributed by atoms with Crippen molar-refractivity contribution in [2.45, 2.75) is 57.6 Å². The van der Waals surface area contributed by atoms with Crippen LogP contribution < -0.4 is 22.5 Å². The molecule has 2 heterocycles. The smallest absolute Gasteiger partial charge is 0.251 e. The van der Waals surface area contributed by atoms with Crippen molar-refractivity contribution in [2.75, 3.05) is 26.3 Å². The van der Waals surface area contributed by atoms with Crippen molar-refractivity contribution in [3.8, 4) is 0 Å². The van der Waals surface area contributed by atoms with Crippen molar-refractivity contribution >= 4 is 19.5 Å². The highest BCUT2D eigenvalue weighted by Gasteiger charge is 2.45. The number of carbonyl (C=O) groups excluding carboxylic acids is 1. The molecule has 3 fully saturated rings. The second-order valence-corrected chi connectivity index (χ2v) is 10.5. The molecule has 1 saturated carbocycles. The van der Waals surface area contributed by atoms with Crippen LogP contribution in [-0.4, -0.2) is 61.7 Å². The van der Waals surface area contributed by atoms with Crippen molar-refractivity contribution in [1.82, 2.24) is 10.2 Å². The largest absolute Gasteiger partial charge is 0.398 e. The fourth-order valence-corrected chi connectivity index (χ4v) is 5.38. The third kappa shape index (κ3) is 7.51. The molecule has 2 aliphatic heterocycles. The molecule has 9 heteroatoms. The van der Waals surface area contributed by atoms with Crippen molar-refractivity contribution in [2.24, 2.45) is 35.0 Å². The Kier molecular flexibility index (Phi) is 9.88. The summed E-state index contributed by atoms with van der Waals surface area (Å²) in [6.07, 6.45) is 8.90. The molecule has 1 aromatic carbocycles. The summed E-state index contributed by atoms with van der Waals surface area (Å²) in [7, 11) is 6.23. The van der Waals surface area contributed by atoms with E-state index in [0.717, 1.165) is 56.5 Å². The van der Waals surface area contributed by atoms with E-state index in [1.165, 1.54) is 25.3 Å². The van der Waals surface area contributed by atoms with Gasteiger partial charge in [0, 0.05) is 43.6 Å². The van der Waals surface area contributed by atoms with E-state index in [1.807, 2.05) is 19.9 Å². The third-order valence-corrected chi connectivity index (χ3v) is 7.39. The van der Waals surface area contributed by atoms with Crippen LogP contribution in [0.25, 0.3) is 5.70 Å². The lowest BCUT2D eigenvalue weighted by Crippen LogP contribution is -2.55. The van der Waals surface area contributed by atoms with Crippen LogP contribution in [0.1, 0.15) is 61.9 Å². The highest BCUT2D eigenvalue weighted by atomic mass is 16.5. The van der Waals surface area contributed by atoms with Crippen molar-refractivity contribution in [3.05, 3.63) is 53.4 Å². The number of likely N-dealkylation sites (tertiary alicyclic amines) is 1. The minimum atomic E-state index is -1.10. The van der Waals surface area contributed by atoms with Gasteiger partial charge in [-0.15, -0.1) is 0 Å². The van der Waals surface area contributed by atoms with Crippen LogP contribution in [0.15, 0.2) is 42.2 Å². The van der Waals surface area contributed by atoms with Crippen molar-refractivity contribution < 1.29 is 14.6 Å². The molecule has 4 rings (SSSR count). The Morgan fingerprint density at radius 2 is 1.72 bits per heavy atom. The average Bonchev–Trinajstić information content (AvgIpc) is 3.46. The number of rotatable bonds is 6. The monoisotopic (exact) mass is 495 g/mol. The fourth-order valence-electron chi connectivity index (χ4n) is 5.38. The Morgan fingerprint density at radius 3 is 2.31 bits per heavy atom. The number of ether oxygens (including phenoxy) is 1. The Balaban J connectivity index is 0.000000201. The van der Waals surface area contributed by atoms with Gasteiger partial charge in [-0.1, -0.05) is 18.6 Å². The van der Waals surface area contributed by atoms with E-state index in [-0.39, 0.29) is 23.7 Å². The van der Waals surface area contributed by atoms with Gasteiger partial charge < -0.3 is 32.4 Å².